The maximum Gasteiger partial charge on any atom is 0.388 e. The lowest BCUT2D eigenvalue weighted by Gasteiger charge is -2.19. The van der Waals surface area contributed by atoms with Gasteiger partial charge in [0.05, 0.1) is 19.9 Å². The van der Waals surface area contributed by atoms with Gasteiger partial charge in [-0.15, -0.1) is 5.53 Å². The van der Waals surface area contributed by atoms with Gasteiger partial charge >= 0.3 is 6.61 Å². The number of nitrogens with zero attached hydrogens (tertiary/aromatic N) is 4. The van der Waals surface area contributed by atoms with Crippen molar-refractivity contribution in [1.29, 1.82) is 0 Å². The molecule has 0 aliphatic carbocycles. The van der Waals surface area contributed by atoms with Gasteiger partial charge in [-0.25, -0.2) is 20.9 Å². The van der Waals surface area contributed by atoms with Crippen LogP contribution >= 0.6 is 0 Å². The highest BCUT2D eigenvalue weighted by molar-refractivity contribution is 5.69. The van der Waals surface area contributed by atoms with Gasteiger partial charge in [0.2, 0.25) is 11.8 Å². The second kappa shape index (κ2) is 7.28. The zero-order valence-corrected chi connectivity index (χ0v) is 13.3. The number of ether oxygens (including phenoxy) is 2. The Balaban J connectivity index is 1.89. The van der Waals surface area contributed by atoms with Crippen LogP contribution in [0.4, 0.5) is 8.78 Å². The van der Waals surface area contributed by atoms with Gasteiger partial charge in [-0.3, -0.25) is 5.01 Å². The zero-order chi connectivity index (χ0) is 17.8. The molecule has 0 amide bonds. The second-order valence-electron chi connectivity index (χ2n) is 5.09. The Morgan fingerprint density at radius 1 is 1.28 bits per heavy atom. The summed E-state index contributed by atoms with van der Waals surface area (Å²) in [5.74, 6) is 5.76. The molecule has 0 aromatic carbocycles. The summed E-state index contributed by atoms with van der Waals surface area (Å²) in [6.07, 6.45) is 6.48. The van der Waals surface area contributed by atoms with Gasteiger partial charge in [0.15, 0.2) is 0 Å². The first-order valence-electron chi connectivity index (χ1n) is 7.24. The van der Waals surface area contributed by atoms with Crippen molar-refractivity contribution in [3.8, 4) is 22.9 Å². The van der Waals surface area contributed by atoms with Crippen molar-refractivity contribution in [2.24, 2.45) is 5.84 Å². The fourth-order valence-electron chi connectivity index (χ4n) is 2.34. The molecule has 0 saturated carbocycles. The fourth-order valence-corrected chi connectivity index (χ4v) is 2.34. The molecule has 0 radical (unpaired) electrons. The van der Waals surface area contributed by atoms with Crippen LogP contribution < -0.4 is 20.9 Å². The van der Waals surface area contributed by atoms with Crippen LogP contribution in [0.3, 0.4) is 0 Å². The topological polar surface area (TPSA) is 88.8 Å². The Labute approximate surface area is 142 Å². The molecule has 2 aromatic heterocycles. The number of rotatable bonds is 6. The molecule has 1 aliphatic rings. The van der Waals surface area contributed by atoms with E-state index < -0.39 is 6.61 Å². The number of nitrogens with one attached hydrogen (secondary N) is 1. The van der Waals surface area contributed by atoms with Gasteiger partial charge in [-0.1, -0.05) is 0 Å². The molecule has 10 heteroatoms. The molecule has 0 fully saturated rings. The Hall–Kier alpha value is -2.98. The van der Waals surface area contributed by atoms with E-state index in [0.717, 1.165) is 5.56 Å². The monoisotopic (exact) mass is 350 g/mol. The van der Waals surface area contributed by atoms with Crippen molar-refractivity contribution < 1.29 is 18.3 Å². The molecule has 3 heterocycles. The van der Waals surface area contributed by atoms with Crippen LogP contribution in [0.2, 0.25) is 0 Å². The number of hydrogen-bond acceptors (Lipinski definition) is 8. The molecule has 2 aromatic rings. The number of hydrazine groups is 3. The summed E-state index contributed by atoms with van der Waals surface area (Å²) in [6.45, 7) is -2.46. The second-order valence-corrected chi connectivity index (χ2v) is 5.09. The predicted octanol–water partition coefficient (Wildman–Crippen LogP) is 1.64. The van der Waals surface area contributed by atoms with Crippen molar-refractivity contribution in [1.82, 2.24) is 25.6 Å². The van der Waals surface area contributed by atoms with Crippen LogP contribution in [0.25, 0.3) is 11.1 Å². The third-order valence-corrected chi connectivity index (χ3v) is 3.36. The molecule has 0 saturated heterocycles. The number of methoxy groups -OCH3 is 1. The first-order chi connectivity index (χ1) is 12.0. The lowest BCUT2D eigenvalue weighted by Crippen LogP contribution is -2.42. The van der Waals surface area contributed by atoms with Crippen LogP contribution in [0, 0.1) is 0 Å². The normalized spacial score (nSPS) is 13.6. The standard InChI is InChI=1S/C15H16F2N6O2/c1-24-14-12(11-2-3-19-13(7-11)25-15(16)17)6-10(8-20-14)9-22-4-5-23(18)21-22/h2-8,15,21H,9,18H2,1H3. The molecule has 25 heavy (non-hydrogen) atoms. The Kier molecular flexibility index (Phi) is 4.91. The molecule has 132 valence electrons. The fraction of sp³-hybridized carbons (Fsp3) is 0.200. The predicted molar refractivity (Wildman–Crippen MR) is 84.5 cm³/mol. The molecular formula is C15H16F2N6O2. The van der Waals surface area contributed by atoms with E-state index in [1.165, 1.54) is 24.5 Å². The average molecular weight is 350 g/mol. The molecule has 3 N–H and O–H groups in total. The minimum absolute atomic E-state index is 0.178. The highest BCUT2D eigenvalue weighted by Crippen LogP contribution is 2.31. The number of halogens is 2. The van der Waals surface area contributed by atoms with Gasteiger partial charge in [-0.2, -0.15) is 8.78 Å². The highest BCUT2D eigenvalue weighted by Gasteiger charge is 2.14. The average Bonchev–Trinajstić information content (AvgIpc) is 2.99. The summed E-state index contributed by atoms with van der Waals surface area (Å²) in [7, 11) is 1.49. The Morgan fingerprint density at radius 3 is 2.80 bits per heavy atom. The van der Waals surface area contributed by atoms with Gasteiger partial charge in [0, 0.05) is 30.2 Å². The first kappa shape index (κ1) is 16.9. The van der Waals surface area contributed by atoms with E-state index >= 15 is 0 Å². The van der Waals surface area contributed by atoms with Crippen molar-refractivity contribution in [2.75, 3.05) is 7.11 Å². The summed E-state index contributed by atoms with van der Waals surface area (Å²) >= 11 is 0. The van der Waals surface area contributed by atoms with Crippen molar-refractivity contribution in [3.05, 3.63) is 48.6 Å². The summed E-state index contributed by atoms with van der Waals surface area (Å²) in [5.41, 5.74) is 4.97. The lowest BCUT2D eigenvalue weighted by atomic mass is 10.1. The van der Waals surface area contributed by atoms with Crippen molar-refractivity contribution in [3.63, 3.8) is 0 Å². The summed E-state index contributed by atoms with van der Waals surface area (Å²) in [6, 6.07) is 4.92. The third kappa shape index (κ3) is 4.11. The van der Waals surface area contributed by atoms with Gasteiger partial charge in [0.1, 0.15) is 0 Å². The summed E-state index contributed by atoms with van der Waals surface area (Å²) in [4.78, 5) is 8.03. The third-order valence-electron chi connectivity index (χ3n) is 3.36. The largest absolute Gasteiger partial charge is 0.481 e. The SMILES string of the molecule is COc1ncc(CN2C=CN(N)N2)cc1-c1ccnc(OC(F)F)c1. The van der Waals surface area contributed by atoms with E-state index in [1.807, 2.05) is 6.07 Å². The van der Waals surface area contributed by atoms with E-state index in [9.17, 15) is 8.78 Å². The van der Waals surface area contributed by atoms with Gasteiger partial charge < -0.3 is 9.47 Å². The van der Waals surface area contributed by atoms with E-state index in [1.54, 1.807) is 29.7 Å². The van der Waals surface area contributed by atoms with Crippen LogP contribution in [0.5, 0.6) is 11.8 Å². The molecule has 3 rings (SSSR count). The minimum atomic E-state index is -2.94. The molecular weight excluding hydrogens is 334 g/mol. The molecule has 0 unspecified atom stereocenters. The van der Waals surface area contributed by atoms with Crippen LogP contribution in [-0.4, -0.2) is 33.8 Å². The lowest BCUT2D eigenvalue weighted by molar-refractivity contribution is -0.0528. The highest BCUT2D eigenvalue weighted by atomic mass is 19.3. The van der Waals surface area contributed by atoms with E-state index in [-0.39, 0.29) is 5.88 Å². The first-order valence-corrected chi connectivity index (χ1v) is 7.24. The van der Waals surface area contributed by atoms with Crippen molar-refractivity contribution >= 4 is 0 Å². The number of hydrogen-bond donors (Lipinski definition) is 2. The van der Waals surface area contributed by atoms with Gasteiger partial charge in [-0.05, 0) is 23.3 Å². The van der Waals surface area contributed by atoms with Crippen molar-refractivity contribution in [2.45, 2.75) is 13.2 Å². The maximum absolute atomic E-state index is 12.4. The molecule has 0 spiro atoms. The van der Waals surface area contributed by atoms with Crippen LogP contribution in [-0.2, 0) is 6.54 Å². The summed E-state index contributed by atoms with van der Waals surface area (Å²) in [5, 5.41) is 3.07. The number of aromatic nitrogens is 2. The zero-order valence-electron chi connectivity index (χ0n) is 13.3. The Morgan fingerprint density at radius 2 is 2.12 bits per heavy atom. The Bertz CT molecular complexity index is 773. The van der Waals surface area contributed by atoms with E-state index in [0.29, 0.717) is 23.6 Å². The minimum Gasteiger partial charge on any atom is -0.481 e. The molecule has 1 aliphatic heterocycles. The van der Waals surface area contributed by atoms with Crippen LogP contribution in [0.1, 0.15) is 5.56 Å². The summed E-state index contributed by atoms with van der Waals surface area (Å²) < 4.78 is 34.4. The molecule has 8 nitrogen and oxygen atoms in total. The number of alkyl halides is 2. The van der Waals surface area contributed by atoms with Crippen LogP contribution in [0.15, 0.2) is 43.0 Å². The number of nitrogens with two attached hydrogens (primary N) is 1. The van der Waals surface area contributed by atoms with E-state index in [2.05, 4.69) is 20.2 Å². The molecule has 0 bridgehead atoms. The smallest absolute Gasteiger partial charge is 0.388 e. The van der Waals surface area contributed by atoms with Gasteiger partial charge in [0.25, 0.3) is 0 Å². The number of pyridine rings is 2. The molecule has 0 atom stereocenters. The maximum atomic E-state index is 12.4. The van der Waals surface area contributed by atoms with E-state index in [4.69, 9.17) is 10.6 Å². The quantitative estimate of drug-likeness (QED) is 0.760.